The van der Waals surface area contributed by atoms with E-state index in [1.54, 1.807) is 33.8 Å². The van der Waals surface area contributed by atoms with Crippen molar-refractivity contribution in [2.75, 3.05) is 0 Å². The molecule has 0 bridgehead atoms. The molecule has 1 unspecified atom stereocenters. The average Bonchev–Trinajstić information content (AvgIpc) is 3.01. The largest absolute Gasteiger partial charge is 0.508 e. The molecule has 0 aliphatic heterocycles. The highest BCUT2D eigenvalue weighted by Crippen LogP contribution is 2.36. The monoisotopic (exact) mass is 374 g/mol. The Morgan fingerprint density at radius 1 is 1.26 bits per heavy atom. The molecule has 1 aromatic carbocycles. The fourth-order valence-electron chi connectivity index (χ4n) is 2.57. The number of phenolic OH excluding ortho intramolecular Hbond substituents is 2. The Kier molecular flexibility index (Phi) is 6.33. The Labute approximate surface area is 158 Å². The quantitative estimate of drug-likeness (QED) is 0.376. The van der Waals surface area contributed by atoms with Gasteiger partial charge in [-0.3, -0.25) is 0 Å². The van der Waals surface area contributed by atoms with Crippen molar-refractivity contribution in [1.82, 2.24) is 0 Å². The molecule has 2 aromatic rings. The van der Waals surface area contributed by atoms with Gasteiger partial charge in [0, 0.05) is 11.6 Å². The lowest BCUT2D eigenvalue weighted by molar-refractivity contribution is -0.144. The second kappa shape index (κ2) is 8.31. The number of rotatable bonds is 7. The van der Waals surface area contributed by atoms with E-state index in [1.165, 1.54) is 30.5 Å². The Bertz CT molecular complexity index is 821. The van der Waals surface area contributed by atoms with Crippen LogP contribution in [0.2, 0.25) is 0 Å². The Morgan fingerprint density at radius 2 is 1.96 bits per heavy atom. The number of aliphatic hydroxyl groups is 1. The zero-order chi connectivity index (χ0) is 20.2. The van der Waals surface area contributed by atoms with Crippen LogP contribution < -0.4 is 0 Å². The minimum absolute atomic E-state index is 0.00526. The minimum atomic E-state index is -0.906. The normalized spacial score (nSPS) is 12.5. The summed E-state index contributed by atoms with van der Waals surface area (Å²) < 4.78 is 11.1. The molecule has 1 heterocycles. The van der Waals surface area contributed by atoms with Crippen LogP contribution in [0, 0.1) is 0 Å². The summed E-state index contributed by atoms with van der Waals surface area (Å²) in [7, 11) is 0. The van der Waals surface area contributed by atoms with Crippen LogP contribution in [0.4, 0.5) is 0 Å². The van der Waals surface area contributed by atoms with Crippen LogP contribution in [0.5, 0.6) is 11.5 Å². The smallest absolute Gasteiger partial charge is 0.331 e. The molecule has 146 valence electrons. The van der Waals surface area contributed by atoms with Gasteiger partial charge in [-0.05, 0) is 64.8 Å². The fourth-order valence-corrected chi connectivity index (χ4v) is 2.57. The number of allylic oxidation sites excluding steroid dienone is 1. The maximum atomic E-state index is 12.1. The maximum absolute atomic E-state index is 12.1. The molecule has 0 radical (unpaired) electrons. The topological polar surface area (TPSA) is 100 Å². The van der Waals surface area contributed by atoms with Gasteiger partial charge in [-0.15, -0.1) is 0 Å². The number of ether oxygens (including phenoxy) is 1. The lowest BCUT2D eigenvalue weighted by Crippen LogP contribution is -2.20. The zero-order valence-corrected chi connectivity index (χ0v) is 16.0. The molecule has 6 nitrogen and oxygen atoms in total. The second-order valence-electron chi connectivity index (χ2n) is 7.44. The molecule has 0 amide bonds. The number of furan rings is 1. The lowest BCUT2D eigenvalue weighted by Gasteiger charge is -2.21. The molecule has 0 saturated carbocycles. The average molecular weight is 374 g/mol. The van der Waals surface area contributed by atoms with Crippen LogP contribution in [-0.2, 0) is 9.53 Å². The standard InChI is InChI=1S/C21H26O6/c1-13(2)9-20(24)27-18(7-8-21(3,4)25)14-10-19(26-12-14)16-11-15(22)5-6-17(16)23/h5-6,9-12,18,22-23,25H,7-8H2,1-4H3. The third kappa shape index (κ3) is 6.18. The Balaban J connectivity index is 2.29. The van der Waals surface area contributed by atoms with E-state index in [9.17, 15) is 20.1 Å². The lowest BCUT2D eigenvalue weighted by atomic mass is 9.97. The molecule has 0 aliphatic rings. The van der Waals surface area contributed by atoms with Crippen molar-refractivity contribution in [1.29, 1.82) is 0 Å². The van der Waals surface area contributed by atoms with Gasteiger partial charge < -0.3 is 24.5 Å². The molecular formula is C21H26O6. The molecule has 1 atom stereocenters. The van der Waals surface area contributed by atoms with Crippen LogP contribution in [0.25, 0.3) is 11.3 Å². The Hall–Kier alpha value is -2.73. The predicted octanol–water partition coefficient (Wildman–Crippen LogP) is 4.46. The van der Waals surface area contributed by atoms with E-state index in [1.807, 2.05) is 0 Å². The van der Waals surface area contributed by atoms with Crippen molar-refractivity contribution >= 4 is 5.97 Å². The fraction of sp³-hybridized carbons (Fsp3) is 0.381. The van der Waals surface area contributed by atoms with Gasteiger partial charge in [-0.2, -0.15) is 0 Å². The Morgan fingerprint density at radius 3 is 2.59 bits per heavy atom. The van der Waals surface area contributed by atoms with Crippen LogP contribution in [0.3, 0.4) is 0 Å². The van der Waals surface area contributed by atoms with E-state index in [0.717, 1.165) is 5.57 Å². The molecular weight excluding hydrogens is 348 g/mol. The molecule has 2 rings (SSSR count). The summed E-state index contributed by atoms with van der Waals surface area (Å²) >= 11 is 0. The van der Waals surface area contributed by atoms with Crippen molar-refractivity contribution in [3.8, 4) is 22.8 Å². The van der Waals surface area contributed by atoms with Gasteiger partial charge in [-0.25, -0.2) is 4.79 Å². The van der Waals surface area contributed by atoms with Gasteiger partial charge in [0.25, 0.3) is 0 Å². The third-order valence-corrected chi connectivity index (χ3v) is 3.92. The van der Waals surface area contributed by atoms with Crippen LogP contribution >= 0.6 is 0 Å². The van der Waals surface area contributed by atoms with Crippen molar-refractivity contribution in [2.24, 2.45) is 0 Å². The van der Waals surface area contributed by atoms with E-state index < -0.39 is 17.7 Å². The summed E-state index contributed by atoms with van der Waals surface area (Å²) in [6.45, 7) is 6.97. The number of esters is 1. The molecule has 6 heteroatoms. The van der Waals surface area contributed by atoms with Gasteiger partial charge in [0.15, 0.2) is 0 Å². The van der Waals surface area contributed by atoms with Gasteiger partial charge in [-0.1, -0.05) is 5.57 Å². The van der Waals surface area contributed by atoms with Crippen molar-refractivity contribution in [3.63, 3.8) is 0 Å². The summed E-state index contributed by atoms with van der Waals surface area (Å²) in [6, 6.07) is 5.78. The number of aromatic hydroxyl groups is 2. The summed E-state index contributed by atoms with van der Waals surface area (Å²) in [5.41, 5.74) is 0.849. The molecule has 0 spiro atoms. The van der Waals surface area contributed by atoms with Crippen molar-refractivity contribution in [3.05, 3.63) is 47.7 Å². The number of benzene rings is 1. The van der Waals surface area contributed by atoms with Crippen LogP contribution in [0.15, 0.2) is 46.6 Å². The summed E-state index contributed by atoms with van der Waals surface area (Å²) in [5.74, 6) is -0.179. The van der Waals surface area contributed by atoms with Crippen molar-refractivity contribution < 1.29 is 29.3 Å². The van der Waals surface area contributed by atoms with Gasteiger partial charge in [0.1, 0.15) is 23.4 Å². The first-order valence-corrected chi connectivity index (χ1v) is 8.74. The first-order chi connectivity index (χ1) is 12.5. The highest BCUT2D eigenvalue weighted by molar-refractivity contribution is 5.82. The highest BCUT2D eigenvalue weighted by atomic mass is 16.5. The summed E-state index contributed by atoms with van der Waals surface area (Å²) in [6.07, 6.45) is 3.05. The predicted molar refractivity (Wildman–Crippen MR) is 101 cm³/mol. The SMILES string of the molecule is CC(C)=CC(=O)OC(CCC(C)(C)O)c1coc(-c2cc(O)ccc2O)c1. The number of phenols is 2. The summed E-state index contributed by atoms with van der Waals surface area (Å²) in [4.78, 5) is 12.1. The van der Waals surface area contributed by atoms with E-state index in [2.05, 4.69) is 0 Å². The molecule has 0 fully saturated rings. The first kappa shape index (κ1) is 20.6. The summed E-state index contributed by atoms with van der Waals surface area (Å²) in [5, 5.41) is 29.6. The van der Waals surface area contributed by atoms with Gasteiger partial charge >= 0.3 is 5.97 Å². The molecule has 1 aromatic heterocycles. The van der Waals surface area contributed by atoms with E-state index in [-0.39, 0.29) is 11.5 Å². The second-order valence-corrected chi connectivity index (χ2v) is 7.44. The molecule has 0 aliphatic carbocycles. The zero-order valence-electron chi connectivity index (χ0n) is 16.0. The van der Waals surface area contributed by atoms with E-state index in [0.29, 0.717) is 29.7 Å². The van der Waals surface area contributed by atoms with Gasteiger partial charge in [0.05, 0.1) is 17.4 Å². The van der Waals surface area contributed by atoms with E-state index >= 15 is 0 Å². The van der Waals surface area contributed by atoms with Crippen LogP contribution in [-0.4, -0.2) is 26.9 Å². The van der Waals surface area contributed by atoms with Crippen LogP contribution in [0.1, 0.15) is 52.2 Å². The van der Waals surface area contributed by atoms with Crippen molar-refractivity contribution in [2.45, 2.75) is 52.2 Å². The van der Waals surface area contributed by atoms with Gasteiger partial charge in [0.2, 0.25) is 0 Å². The number of hydrogen-bond acceptors (Lipinski definition) is 6. The number of hydrogen-bond donors (Lipinski definition) is 3. The first-order valence-electron chi connectivity index (χ1n) is 8.74. The third-order valence-electron chi connectivity index (χ3n) is 3.92. The number of carbonyl (C=O) groups excluding carboxylic acids is 1. The molecule has 27 heavy (non-hydrogen) atoms. The minimum Gasteiger partial charge on any atom is -0.508 e. The van der Waals surface area contributed by atoms with E-state index in [4.69, 9.17) is 9.15 Å². The molecule has 3 N–H and O–H groups in total. The highest BCUT2D eigenvalue weighted by Gasteiger charge is 2.23. The number of carbonyl (C=O) groups is 1. The molecule has 0 saturated heterocycles. The maximum Gasteiger partial charge on any atom is 0.331 e.